The molecule has 0 amide bonds. The first kappa shape index (κ1) is 9.67. The first-order valence-corrected chi connectivity index (χ1v) is 3.84. The average Bonchev–Trinajstić information content (AvgIpc) is 2.05. The molecule has 0 fully saturated rings. The van der Waals surface area contributed by atoms with Crippen molar-refractivity contribution in [3.05, 3.63) is 11.6 Å². The van der Waals surface area contributed by atoms with Crippen LogP contribution in [0.3, 0.4) is 0 Å². The topological polar surface area (TPSA) is 58.9 Å². The number of aliphatic hydroxyl groups excluding tert-OH is 2. The SMILES string of the molecule is CO[C@H]1O[C@H](CO)[C@@H](O)C=C1C. The van der Waals surface area contributed by atoms with Crippen LogP contribution >= 0.6 is 0 Å². The summed E-state index contributed by atoms with van der Waals surface area (Å²) in [6.07, 6.45) is -0.107. The Hall–Kier alpha value is -0.420. The summed E-state index contributed by atoms with van der Waals surface area (Å²) in [6.45, 7) is 1.61. The van der Waals surface area contributed by atoms with Gasteiger partial charge in [-0.15, -0.1) is 0 Å². The summed E-state index contributed by atoms with van der Waals surface area (Å²) >= 11 is 0. The second-order valence-electron chi connectivity index (χ2n) is 2.83. The number of aliphatic hydroxyl groups is 2. The van der Waals surface area contributed by atoms with Gasteiger partial charge in [0.1, 0.15) is 12.2 Å². The lowest BCUT2D eigenvalue weighted by Gasteiger charge is -2.30. The van der Waals surface area contributed by atoms with Crippen LogP contribution in [0.4, 0.5) is 0 Å². The van der Waals surface area contributed by atoms with Crippen LogP contribution in [-0.2, 0) is 9.47 Å². The number of ether oxygens (including phenoxy) is 2. The molecule has 0 saturated heterocycles. The highest BCUT2D eigenvalue weighted by molar-refractivity contribution is 5.10. The maximum Gasteiger partial charge on any atom is 0.179 e. The standard InChI is InChI=1S/C8H14O4/c1-5-3-6(10)7(4-9)12-8(5)11-2/h3,6-10H,4H2,1-2H3/t6-,7+,8-/m0/s1. The molecule has 0 aliphatic carbocycles. The van der Waals surface area contributed by atoms with E-state index in [9.17, 15) is 5.11 Å². The Labute approximate surface area is 71.4 Å². The lowest BCUT2D eigenvalue weighted by atomic mass is 10.1. The van der Waals surface area contributed by atoms with Gasteiger partial charge in [0.15, 0.2) is 6.29 Å². The van der Waals surface area contributed by atoms with Gasteiger partial charge in [0.25, 0.3) is 0 Å². The van der Waals surface area contributed by atoms with E-state index in [4.69, 9.17) is 14.6 Å². The van der Waals surface area contributed by atoms with Crippen molar-refractivity contribution in [1.82, 2.24) is 0 Å². The molecule has 1 aliphatic heterocycles. The highest BCUT2D eigenvalue weighted by Gasteiger charge is 2.28. The molecule has 0 aromatic heterocycles. The predicted octanol–water partition coefficient (Wildman–Crippen LogP) is -0.343. The summed E-state index contributed by atoms with van der Waals surface area (Å²) in [7, 11) is 1.52. The maximum atomic E-state index is 9.34. The van der Waals surface area contributed by atoms with E-state index in [2.05, 4.69) is 0 Å². The van der Waals surface area contributed by atoms with Crippen molar-refractivity contribution in [2.24, 2.45) is 0 Å². The van der Waals surface area contributed by atoms with E-state index < -0.39 is 18.5 Å². The molecule has 1 heterocycles. The zero-order valence-corrected chi connectivity index (χ0v) is 7.23. The zero-order valence-electron chi connectivity index (χ0n) is 7.23. The molecule has 0 unspecified atom stereocenters. The highest BCUT2D eigenvalue weighted by atomic mass is 16.7. The van der Waals surface area contributed by atoms with Crippen LogP contribution in [0.2, 0.25) is 0 Å². The van der Waals surface area contributed by atoms with Gasteiger partial charge in [-0.2, -0.15) is 0 Å². The third-order valence-electron chi connectivity index (χ3n) is 1.88. The lowest BCUT2D eigenvalue weighted by molar-refractivity contribution is -0.174. The third kappa shape index (κ3) is 1.84. The molecule has 0 aromatic rings. The van der Waals surface area contributed by atoms with Gasteiger partial charge in [-0.3, -0.25) is 0 Å². The summed E-state index contributed by atoms with van der Waals surface area (Å²) in [5.41, 5.74) is 0.828. The summed E-state index contributed by atoms with van der Waals surface area (Å²) in [6, 6.07) is 0. The van der Waals surface area contributed by atoms with E-state index in [0.29, 0.717) is 0 Å². The maximum absolute atomic E-state index is 9.34. The summed E-state index contributed by atoms with van der Waals surface area (Å²) in [5, 5.41) is 18.1. The lowest BCUT2D eigenvalue weighted by Crippen LogP contribution is -2.40. The first-order valence-electron chi connectivity index (χ1n) is 3.84. The second-order valence-corrected chi connectivity index (χ2v) is 2.83. The highest BCUT2D eigenvalue weighted by Crippen LogP contribution is 2.19. The van der Waals surface area contributed by atoms with Crippen LogP contribution in [0.25, 0.3) is 0 Å². The third-order valence-corrected chi connectivity index (χ3v) is 1.88. The molecular weight excluding hydrogens is 160 g/mol. The summed E-state index contributed by atoms with van der Waals surface area (Å²) < 4.78 is 10.2. The largest absolute Gasteiger partial charge is 0.394 e. The normalized spacial score (nSPS) is 36.3. The monoisotopic (exact) mass is 174 g/mol. The molecule has 1 aliphatic rings. The number of hydrogen-bond acceptors (Lipinski definition) is 4. The Morgan fingerprint density at radius 1 is 1.67 bits per heavy atom. The Morgan fingerprint density at radius 3 is 2.83 bits per heavy atom. The van der Waals surface area contributed by atoms with Crippen molar-refractivity contribution in [1.29, 1.82) is 0 Å². The van der Waals surface area contributed by atoms with Crippen LogP contribution < -0.4 is 0 Å². The first-order chi connectivity index (χ1) is 5.69. The second kappa shape index (κ2) is 4.00. The van der Waals surface area contributed by atoms with Gasteiger partial charge in [0, 0.05) is 7.11 Å². The van der Waals surface area contributed by atoms with E-state index in [0.717, 1.165) is 5.57 Å². The van der Waals surface area contributed by atoms with Gasteiger partial charge in [-0.1, -0.05) is 0 Å². The number of methoxy groups -OCH3 is 1. The fourth-order valence-corrected chi connectivity index (χ4v) is 1.19. The smallest absolute Gasteiger partial charge is 0.179 e. The minimum Gasteiger partial charge on any atom is -0.394 e. The average molecular weight is 174 g/mol. The molecule has 0 aromatic carbocycles. The Bertz CT molecular complexity index is 178. The van der Waals surface area contributed by atoms with Crippen molar-refractivity contribution < 1.29 is 19.7 Å². The molecule has 0 spiro atoms. The van der Waals surface area contributed by atoms with Crippen LogP contribution in [0.15, 0.2) is 11.6 Å². The molecule has 70 valence electrons. The van der Waals surface area contributed by atoms with E-state index in [1.807, 2.05) is 6.92 Å². The zero-order chi connectivity index (χ0) is 9.14. The molecule has 1 rings (SSSR count). The van der Waals surface area contributed by atoms with Crippen molar-refractivity contribution in [3.8, 4) is 0 Å². The van der Waals surface area contributed by atoms with Crippen molar-refractivity contribution in [3.63, 3.8) is 0 Å². The van der Waals surface area contributed by atoms with E-state index >= 15 is 0 Å². The van der Waals surface area contributed by atoms with Crippen LogP contribution in [0.5, 0.6) is 0 Å². The van der Waals surface area contributed by atoms with Gasteiger partial charge in [-0.05, 0) is 18.6 Å². The quantitative estimate of drug-likeness (QED) is 0.562. The summed E-state index contributed by atoms with van der Waals surface area (Å²) in [5.74, 6) is 0. The molecule has 0 bridgehead atoms. The van der Waals surface area contributed by atoms with Gasteiger partial charge in [0.2, 0.25) is 0 Å². The minimum atomic E-state index is -0.735. The van der Waals surface area contributed by atoms with E-state index in [1.165, 1.54) is 7.11 Å². The van der Waals surface area contributed by atoms with Gasteiger partial charge < -0.3 is 19.7 Å². The fourth-order valence-electron chi connectivity index (χ4n) is 1.19. The Balaban J connectivity index is 2.68. The van der Waals surface area contributed by atoms with Gasteiger partial charge >= 0.3 is 0 Å². The van der Waals surface area contributed by atoms with E-state index in [1.54, 1.807) is 6.08 Å². The van der Waals surface area contributed by atoms with Crippen LogP contribution in [0, 0.1) is 0 Å². The van der Waals surface area contributed by atoms with Crippen molar-refractivity contribution in [2.45, 2.75) is 25.4 Å². The molecule has 0 saturated carbocycles. The fraction of sp³-hybridized carbons (Fsp3) is 0.750. The molecule has 2 N–H and O–H groups in total. The molecule has 4 nitrogen and oxygen atoms in total. The van der Waals surface area contributed by atoms with Crippen LogP contribution in [0.1, 0.15) is 6.92 Å². The number of hydrogen-bond donors (Lipinski definition) is 2. The van der Waals surface area contributed by atoms with Crippen molar-refractivity contribution in [2.75, 3.05) is 13.7 Å². The van der Waals surface area contributed by atoms with E-state index in [-0.39, 0.29) is 6.61 Å². The Kier molecular flexibility index (Phi) is 3.22. The molecular formula is C8H14O4. The van der Waals surface area contributed by atoms with Gasteiger partial charge in [0.05, 0.1) is 6.61 Å². The summed E-state index contributed by atoms with van der Waals surface area (Å²) in [4.78, 5) is 0. The predicted molar refractivity (Wildman–Crippen MR) is 42.5 cm³/mol. The molecule has 12 heavy (non-hydrogen) atoms. The molecule has 4 heteroatoms. The Morgan fingerprint density at radius 2 is 2.33 bits per heavy atom. The molecule has 0 radical (unpaired) electrons. The number of rotatable bonds is 2. The minimum absolute atomic E-state index is 0.204. The van der Waals surface area contributed by atoms with Crippen LogP contribution in [-0.4, -0.2) is 42.4 Å². The molecule has 3 atom stereocenters. The van der Waals surface area contributed by atoms with Crippen molar-refractivity contribution >= 4 is 0 Å². The van der Waals surface area contributed by atoms with Gasteiger partial charge in [-0.25, -0.2) is 0 Å².